The van der Waals surface area contributed by atoms with Crippen LogP contribution < -0.4 is 0 Å². The summed E-state index contributed by atoms with van der Waals surface area (Å²) in [6.07, 6.45) is 1.14. The zero-order valence-corrected chi connectivity index (χ0v) is 10.5. The van der Waals surface area contributed by atoms with Crippen molar-refractivity contribution in [2.45, 2.75) is 32.8 Å². The first-order chi connectivity index (χ1) is 6.99. The quantitative estimate of drug-likeness (QED) is 0.854. The summed E-state index contributed by atoms with van der Waals surface area (Å²) >= 11 is 11.7. The van der Waals surface area contributed by atoms with Crippen molar-refractivity contribution in [3.63, 3.8) is 0 Å². The van der Waals surface area contributed by atoms with Crippen LogP contribution in [0, 0.1) is 5.92 Å². The Bertz CT molecular complexity index is 323. The normalized spacial score (nSPS) is 13.2. The van der Waals surface area contributed by atoms with Crippen molar-refractivity contribution < 1.29 is 5.11 Å². The van der Waals surface area contributed by atoms with Crippen LogP contribution in [0.25, 0.3) is 0 Å². The van der Waals surface area contributed by atoms with Gasteiger partial charge in [-0.2, -0.15) is 0 Å². The van der Waals surface area contributed by atoms with E-state index in [4.69, 9.17) is 23.2 Å². The lowest BCUT2D eigenvalue weighted by molar-refractivity contribution is 0.149. The van der Waals surface area contributed by atoms with E-state index in [1.54, 1.807) is 6.07 Å². The van der Waals surface area contributed by atoms with Crippen LogP contribution in [-0.2, 0) is 6.42 Å². The maximum Gasteiger partial charge on any atom is 0.0595 e. The van der Waals surface area contributed by atoms with Crippen molar-refractivity contribution in [3.05, 3.63) is 33.8 Å². The van der Waals surface area contributed by atoms with E-state index in [1.807, 2.05) is 12.1 Å². The Labute approximate surface area is 101 Å². The van der Waals surface area contributed by atoms with Gasteiger partial charge >= 0.3 is 0 Å². The molecule has 0 spiro atoms. The van der Waals surface area contributed by atoms with Crippen LogP contribution in [-0.4, -0.2) is 11.2 Å². The molecule has 0 bridgehead atoms. The fraction of sp³-hybridized carbons (Fsp3) is 0.500. The van der Waals surface area contributed by atoms with Crippen LogP contribution in [0.4, 0.5) is 0 Å². The SMILES string of the molecule is CC(C)CC(O)Cc1ccc(Cl)c(Cl)c1. The summed E-state index contributed by atoms with van der Waals surface area (Å²) in [5.41, 5.74) is 1.03. The molecule has 1 N–H and O–H groups in total. The lowest BCUT2D eigenvalue weighted by Gasteiger charge is -2.13. The van der Waals surface area contributed by atoms with Crippen LogP contribution >= 0.6 is 23.2 Å². The van der Waals surface area contributed by atoms with E-state index in [0.29, 0.717) is 22.4 Å². The maximum atomic E-state index is 9.76. The minimum Gasteiger partial charge on any atom is -0.393 e. The Morgan fingerprint density at radius 1 is 1.20 bits per heavy atom. The number of aliphatic hydroxyl groups excluding tert-OH is 1. The number of hydrogen-bond acceptors (Lipinski definition) is 1. The summed E-state index contributed by atoms with van der Waals surface area (Å²) in [5.74, 6) is 0.503. The van der Waals surface area contributed by atoms with Crippen LogP contribution in [0.15, 0.2) is 18.2 Å². The maximum absolute atomic E-state index is 9.76. The van der Waals surface area contributed by atoms with E-state index >= 15 is 0 Å². The second-order valence-corrected chi connectivity index (χ2v) is 5.05. The highest BCUT2D eigenvalue weighted by atomic mass is 35.5. The number of rotatable bonds is 4. The Kier molecular flexibility index (Phi) is 4.91. The zero-order chi connectivity index (χ0) is 11.4. The minimum atomic E-state index is -0.303. The van der Waals surface area contributed by atoms with Crippen molar-refractivity contribution in [3.8, 4) is 0 Å². The molecule has 0 heterocycles. The molecule has 1 aromatic carbocycles. The van der Waals surface area contributed by atoms with Crippen LogP contribution in [0.3, 0.4) is 0 Å². The predicted molar refractivity (Wildman–Crippen MR) is 65.6 cm³/mol. The summed E-state index contributed by atoms with van der Waals surface area (Å²) in [6, 6.07) is 5.48. The molecule has 0 fully saturated rings. The van der Waals surface area contributed by atoms with Gasteiger partial charge in [0.15, 0.2) is 0 Å². The molecule has 1 unspecified atom stereocenters. The zero-order valence-electron chi connectivity index (χ0n) is 9.00. The van der Waals surface area contributed by atoms with Gasteiger partial charge in [-0.3, -0.25) is 0 Å². The largest absolute Gasteiger partial charge is 0.393 e. The Hall–Kier alpha value is -0.240. The Morgan fingerprint density at radius 3 is 2.40 bits per heavy atom. The molecule has 0 saturated heterocycles. The second-order valence-electron chi connectivity index (χ2n) is 4.24. The molecule has 0 aromatic heterocycles. The standard InChI is InChI=1S/C12H16Cl2O/c1-8(2)5-10(15)6-9-3-4-11(13)12(14)7-9/h3-4,7-8,10,15H,5-6H2,1-2H3. The summed E-state index contributed by atoms with van der Waals surface area (Å²) in [4.78, 5) is 0. The van der Waals surface area contributed by atoms with Crippen LogP contribution in [0.1, 0.15) is 25.8 Å². The first kappa shape index (κ1) is 12.8. The molecular formula is C12H16Cl2O. The fourth-order valence-corrected chi connectivity index (χ4v) is 1.89. The van der Waals surface area contributed by atoms with Gasteiger partial charge in [0.1, 0.15) is 0 Å². The molecule has 84 valence electrons. The average Bonchev–Trinajstić information content (AvgIpc) is 2.10. The molecule has 15 heavy (non-hydrogen) atoms. The number of hydrogen-bond donors (Lipinski definition) is 1. The summed E-state index contributed by atoms with van der Waals surface area (Å²) in [6.45, 7) is 4.19. The van der Waals surface area contributed by atoms with E-state index < -0.39 is 0 Å². The molecule has 0 aliphatic rings. The van der Waals surface area contributed by atoms with Gasteiger partial charge in [-0.15, -0.1) is 0 Å². The van der Waals surface area contributed by atoms with E-state index in [9.17, 15) is 5.11 Å². The molecule has 0 amide bonds. The van der Waals surface area contributed by atoms with Gasteiger partial charge in [0.05, 0.1) is 16.1 Å². The summed E-state index contributed by atoms with van der Waals surface area (Å²) < 4.78 is 0. The van der Waals surface area contributed by atoms with Gasteiger partial charge in [0.2, 0.25) is 0 Å². The molecule has 1 aromatic rings. The molecule has 0 aliphatic heterocycles. The molecule has 0 radical (unpaired) electrons. The van der Waals surface area contributed by atoms with Crippen molar-refractivity contribution in [1.82, 2.24) is 0 Å². The molecule has 0 aliphatic carbocycles. The first-order valence-corrected chi connectivity index (χ1v) is 5.86. The summed E-state index contributed by atoms with van der Waals surface area (Å²) in [5, 5.41) is 10.9. The van der Waals surface area contributed by atoms with Gasteiger partial charge in [0.25, 0.3) is 0 Å². The third-order valence-electron chi connectivity index (χ3n) is 2.20. The highest BCUT2D eigenvalue weighted by Crippen LogP contribution is 2.23. The van der Waals surface area contributed by atoms with Gasteiger partial charge in [0, 0.05) is 0 Å². The number of aliphatic hydroxyl groups is 1. The van der Waals surface area contributed by atoms with E-state index in [1.165, 1.54) is 0 Å². The molecule has 0 saturated carbocycles. The fourth-order valence-electron chi connectivity index (χ4n) is 1.57. The smallest absolute Gasteiger partial charge is 0.0595 e. The molecule has 3 heteroatoms. The van der Waals surface area contributed by atoms with Gasteiger partial charge in [-0.1, -0.05) is 43.1 Å². The monoisotopic (exact) mass is 246 g/mol. The third kappa shape index (κ3) is 4.42. The van der Waals surface area contributed by atoms with Gasteiger partial charge < -0.3 is 5.11 Å². The van der Waals surface area contributed by atoms with Crippen molar-refractivity contribution >= 4 is 23.2 Å². The van der Waals surface area contributed by atoms with Crippen molar-refractivity contribution in [2.75, 3.05) is 0 Å². The number of benzene rings is 1. The predicted octanol–water partition coefficient (Wildman–Crippen LogP) is 3.94. The number of halogens is 2. The third-order valence-corrected chi connectivity index (χ3v) is 2.94. The van der Waals surface area contributed by atoms with Gasteiger partial charge in [-0.25, -0.2) is 0 Å². The Morgan fingerprint density at radius 2 is 1.87 bits per heavy atom. The van der Waals surface area contributed by atoms with E-state index in [-0.39, 0.29) is 6.10 Å². The highest BCUT2D eigenvalue weighted by Gasteiger charge is 2.09. The van der Waals surface area contributed by atoms with Crippen molar-refractivity contribution in [1.29, 1.82) is 0 Å². The molecule has 1 rings (SSSR count). The highest BCUT2D eigenvalue weighted by molar-refractivity contribution is 6.42. The van der Waals surface area contributed by atoms with Crippen LogP contribution in [0.5, 0.6) is 0 Å². The lowest BCUT2D eigenvalue weighted by Crippen LogP contribution is -2.13. The van der Waals surface area contributed by atoms with Gasteiger partial charge in [-0.05, 0) is 36.5 Å². The average molecular weight is 247 g/mol. The molecule has 1 nitrogen and oxygen atoms in total. The van der Waals surface area contributed by atoms with E-state index in [0.717, 1.165) is 12.0 Å². The topological polar surface area (TPSA) is 20.2 Å². The molecule has 1 atom stereocenters. The second kappa shape index (κ2) is 5.74. The first-order valence-electron chi connectivity index (χ1n) is 5.11. The Balaban J connectivity index is 2.60. The summed E-state index contributed by atoms with van der Waals surface area (Å²) in [7, 11) is 0. The lowest BCUT2D eigenvalue weighted by atomic mass is 10.00. The van der Waals surface area contributed by atoms with Crippen LogP contribution in [0.2, 0.25) is 10.0 Å². The van der Waals surface area contributed by atoms with E-state index in [2.05, 4.69) is 13.8 Å². The molecular weight excluding hydrogens is 231 g/mol. The van der Waals surface area contributed by atoms with Crippen molar-refractivity contribution in [2.24, 2.45) is 5.92 Å². The minimum absolute atomic E-state index is 0.303.